The Bertz CT molecular complexity index is 1540. The van der Waals surface area contributed by atoms with Gasteiger partial charge in [-0.3, -0.25) is 14.6 Å². The molecule has 0 bridgehead atoms. The number of hydrogen-bond donors (Lipinski definition) is 1. The Balaban J connectivity index is 1.45. The minimum absolute atomic E-state index is 0.147. The number of hydrogen-bond acceptors (Lipinski definition) is 7. The highest BCUT2D eigenvalue weighted by Gasteiger charge is 2.57. The average molecular weight is 547 g/mol. The first-order valence-corrected chi connectivity index (χ1v) is 12.7. The van der Waals surface area contributed by atoms with Gasteiger partial charge in [0.15, 0.2) is 11.5 Å². The minimum Gasteiger partial charge on any atom is -0.493 e. The number of primary amides is 1. The Morgan fingerprint density at radius 1 is 1.00 bits per heavy atom. The summed E-state index contributed by atoms with van der Waals surface area (Å²) in [6, 6.07) is 16.6. The fraction of sp³-hybridized carbons (Fsp3) is 0.241. The number of pyridine rings is 2. The van der Waals surface area contributed by atoms with Crippen LogP contribution in [0.1, 0.15) is 18.4 Å². The number of halogens is 1. The Kier molecular flexibility index (Phi) is 7.26. The molecule has 0 aliphatic heterocycles. The number of anilines is 1. The fourth-order valence-corrected chi connectivity index (χ4v) is 4.66. The molecule has 0 atom stereocenters. The first-order chi connectivity index (χ1) is 18.9. The lowest BCUT2D eigenvalue weighted by atomic mass is 10.0. The second-order valence-electron chi connectivity index (χ2n) is 9.25. The van der Waals surface area contributed by atoms with Gasteiger partial charge in [0.2, 0.25) is 17.7 Å². The molecule has 1 saturated carbocycles. The highest BCUT2D eigenvalue weighted by molar-refractivity contribution is 6.32. The van der Waals surface area contributed by atoms with E-state index < -0.39 is 11.3 Å². The van der Waals surface area contributed by atoms with Crippen molar-refractivity contribution in [3.63, 3.8) is 0 Å². The highest BCUT2D eigenvalue weighted by atomic mass is 35.5. The number of fused-ring (bicyclic) bond motifs is 1. The van der Waals surface area contributed by atoms with E-state index in [1.165, 1.54) is 11.1 Å². The topological polar surface area (TPSA) is 117 Å². The second kappa shape index (κ2) is 10.8. The molecule has 2 aromatic carbocycles. The van der Waals surface area contributed by atoms with Crippen LogP contribution in [0.2, 0.25) is 5.02 Å². The molecule has 2 aromatic heterocycles. The second-order valence-corrected chi connectivity index (χ2v) is 9.66. The molecule has 0 spiro atoms. The molecule has 10 heteroatoms. The number of methoxy groups -OCH3 is 2. The van der Waals surface area contributed by atoms with Crippen LogP contribution < -0.4 is 24.8 Å². The highest BCUT2D eigenvalue weighted by Crippen LogP contribution is 2.48. The molecule has 4 aromatic rings. The summed E-state index contributed by atoms with van der Waals surface area (Å²) < 4.78 is 16.9. The third kappa shape index (κ3) is 5.18. The molecule has 0 saturated heterocycles. The summed E-state index contributed by atoms with van der Waals surface area (Å²) in [6.07, 6.45) is 4.54. The predicted molar refractivity (Wildman–Crippen MR) is 148 cm³/mol. The SMILES string of the molecule is COc1cc2nccc(Oc3ncc(N(CCc4ccccc4)C(=O)C4(C(N)=O)CC4)cc3Cl)c2cc1OC. The summed E-state index contributed by atoms with van der Waals surface area (Å²) in [4.78, 5) is 36.0. The van der Waals surface area contributed by atoms with Gasteiger partial charge in [-0.05, 0) is 43.0 Å². The van der Waals surface area contributed by atoms with Gasteiger partial charge in [0.05, 0.1) is 31.6 Å². The summed E-state index contributed by atoms with van der Waals surface area (Å²) in [5.41, 5.74) is 6.56. The third-order valence-corrected chi connectivity index (χ3v) is 7.13. The zero-order valence-corrected chi connectivity index (χ0v) is 22.3. The molecule has 2 amide bonds. The molecule has 5 rings (SSSR count). The number of aromatic nitrogens is 2. The zero-order chi connectivity index (χ0) is 27.6. The predicted octanol–water partition coefficient (Wildman–Crippen LogP) is 4.93. The molecule has 1 fully saturated rings. The number of nitrogens with two attached hydrogens (primary N) is 1. The maximum absolute atomic E-state index is 13.5. The fourth-order valence-electron chi connectivity index (χ4n) is 4.46. The number of ether oxygens (including phenoxy) is 3. The molecular weight excluding hydrogens is 520 g/mol. The van der Waals surface area contributed by atoms with E-state index in [2.05, 4.69) is 9.97 Å². The summed E-state index contributed by atoms with van der Waals surface area (Å²) in [6.45, 7) is 0.326. The van der Waals surface area contributed by atoms with Crippen molar-refractivity contribution in [1.82, 2.24) is 9.97 Å². The molecule has 1 aliphatic rings. The van der Waals surface area contributed by atoms with Gasteiger partial charge >= 0.3 is 0 Å². The number of carbonyl (C=O) groups excluding carboxylic acids is 2. The molecule has 2 N–H and O–H groups in total. The molecule has 1 aliphatic carbocycles. The van der Waals surface area contributed by atoms with E-state index in [1.54, 1.807) is 44.7 Å². The zero-order valence-electron chi connectivity index (χ0n) is 21.5. The van der Waals surface area contributed by atoms with Crippen molar-refractivity contribution in [2.24, 2.45) is 11.1 Å². The summed E-state index contributed by atoms with van der Waals surface area (Å²) >= 11 is 6.62. The van der Waals surface area contributed by atoms with Crippen molar-refractivity contribution in [2.45, 2.75) is 19.3 Å². The lowest BCUT2D eigenvalue weighted by Crippen LogP contribution is -2.44. The molecule has 9 nitrogen and oxygen atoms in total. The van der Waals surface area contributed by atoms with Gasteiger partial charge in [-0.25, -0.2) is 4.98 Å². The van der Waals surface area contributed by atoms with Crippen LogP contribution in [0.15, 0.2) is 67.0 Å². The van der Waals surface area contributed by atoms with Gasteiger partial charge in [0, 0.05) is 24.2 Å². The lowest BCUT2D eigenvalue weighted by molar-refractivity contribution is -0.133. The van der Waals surface area contributed by atoms with Crippen molar-refractivity contribution in [3.8, 4) is 23.1 Å². The van der Waals surface area contributed by atoms with Crippen LogP contribution in [0.5, 0.6) is 23.1 Å². The van der Waals surface area contributed by atoms with E-state index in [0.717, 1.165) is 5.56 Å². The maximum Gasteiger partial charge on any atom is 0.242 e. The van der Waals surface area contributed by atoms with Crippen molar-refractivity contribution in [1.29, 1.82) is 0 Å². The number of rotatable bonds is 10. The molecule has 200 valence electrons. The summed E-state index contributed by atoms with van der Waals surface area (Å²) in [5, 5.41) is 0.869. The van der Waals surface area contributed by atoms with Crippen LogP contribution in [0.4, 0.5) is 5.69 Å². The van der Waals surface area contributed by atoms with Crippen molar-refractivity contribution in [2.75, 3.05) is 25.7 Å². The van der Waals surface area contributed by atoms with Crippen molar-refractivity contribution in [3.05, 3.63) is 77.6 Å². The summed E-state index contributed by atoms with van der Waals surface area (Å²) in [5.74, 6) is 0.708. The molecule has 0 radical (unpaired) electrons. The van der Waals surface area contributed by atoms with E-state index in [9.17, 15) is 9.59 Å². The van der Waals surface area contributed by atoms with Gasteiger partial charge in [0.1, 0.15) is 16.2 Å². The van der Waals surface area contributed by atoms with E-state index in [0.29, 0.717) is 59.6 Å². The first-order valence-electron chi connectivity index (χ1n) is 12.4. The molecular formula is C29H27ClN4O5. The van der Waals surface area contributed by atoms with Crippen LogP contribution in [0, 0.1) is 5.41 Å². The standard InChI is InChI=1S/C29H27ClN4O5/c1-37-24-15-20-22(16-25(24)38-2)32-12-8-23(20)39-26-21(30)14-19(17-33-26)34(13-9-18-6-4-3-5-7-18)28(36)29(10-11-29)27(31)35/h3-8,12,14-17H,9-11,13H2,1-2H3,(H2,31,35). The Labute approximate surface area is 230 Å². The number of carbonyl (C=O) groups is 2. The monoisotopic (exact) mass is 546 g/mol. The maximum atomic E-state index is 13.5. The molecule has 2 heterocycles. The van der Waals surface area contributed by atoms with Gasteiger partial charge in [-0.1, -0.05) is 41.9 Å². The van der Waals surface area contributed by atoms with Gasteiger partial charge in [0.25, 0.3) is 0 Å². The molecule has 39 heavy (non-hydrogen) atoms. The minimum atomic E-state index is -1.19. The van der Waals surface area contributed by atoms with E-state index in [1.807, 2.05) is 30.3 Å². The Morgan fingerprint density at radius 2 is 1.72 bits per heavy atom. The summed E-state index contributed by atoms with van der Waals surface area (Å²) in [7, 11) is 3.10. The average Bonchev–Trinajstić information content (AvgIpc) is 3.77. The van der Waals surface area contributed by atoms with Crippen LogP contribution in [-0.4, -0.2) is 42.5 Å². The first kappa shape index (κ1) is 26.2. The number of amides is 2. The van der Waals surface area contributed by atoms with Gasteiger partial charge < -0.3 is 24.8 Å². The Morgan fingerprint density at radius 3 is 2.36 bits per heavy atom. The van der Waals surface area contributed by atoms with Crippen LogP contribution in [0.3, 0.4) is 0 Å². The number of benzene rings is 2. The van der Waals surface area contributed by atoms with Crippen molar-refractivity contribution >= 4 is 40.0 Å². The number of nitrogens with zero attached hydrogens (tertiary/aromatic N) is 3. The largest absolute Gasteiger partial charge is 0.493 e. The molecule has 0 unspecified atom stereocenters. The van der Waals surface area contributed by atoms with Crippen LogP contribution >= 0.6 is 11.6 Å². The van der Waals surface area contributed by atoms with E-state index in [-0.39, 0.29) is 16.8 Å². The quantitative estimate of drug-likeness (QED) is 0.280. The van der Waals surface area contributed by atoms with Crippen LogP contribution in [0.25, 0.3) is 10.9 Å². The Hall–Kier alpha value is -4.37. The smallest absolute Gasteiger partial charge is 0.242 e. The van der Waals surface area contributed by atoms with Crippen LogP contribution in [-0.2, 0) is 16.0 Å². The van der Waals surface area contributed by atoms with Crippen molar-refractivity contribution < 1.29 is 23.8 Å². The van der Waals surface area contributed by atoms with E-state index in [4.69, 9.17) is 31.5 Å². The lowest BCUT2D eigenvalue weighted by Gasteiger charge is -2.26. The normalized spacial score (nSPS) is 13.5. The van der Waals surface area contributed by atoms with Gasteiger partial charge in [-0.15, -0.1) is 0 Å². The van der Waals surface area contributed by atoms with E-state index >= 15 is 0 Å². The van der Waals surface area contributed by atoms with Gasteiger partial charge in [-0.2, -0.15) is 0 Å². The third-order valence-electron chi connectivity index (χ3n) is 6.86.